The molecule has 3 atom stereocenters. The van der Waals surface area contributed by atoms with Crippen LogP contribution in [0, 0.1) is 11.8 Å². The van der Waals surface area contributed by atoms with Gasteiger partial charge in [0.05, 0.1) is 14.2 Å². The van der Waals surface area contributed by atoms with Gasteiger partial charge in [0.25, 0.3) is 5.91 Å². The molecule has 2 amide bonds. The van der Waals surface area contributed by atoms with E-state index in [1.165, 1.54) is 14.2 Å². The maximum absolute atomic E-state index is 12.8. The third-order valence-corrected chi connectivity index (χ3v) is 4.96. The van der Waals surface area contributed by atoms with E-state index in [-0.39, 0.29) is 36.2 Å². The molecule has 0 bridgehead atoms. The maximum atomic E-state index is 12.8. The van der Waals surface area contributed by atoms with Crippen LogP contribution >= 0.6 is 12.4 Å². The molecule has 1 aliphatic heterocycles. The molecular weight excluding hydrogens is 382 g/mol. The highest BCUT2D eigenvalue weighted by molar-refractivity contribution is 5.98. The van der Waals surface area contributed by atoms with Crippen LogP contribution in [0.3, 0.4) is 0 Å². The van der Waals surface area contributed by atoms with Crippen molar-refractivity contribution in [3.63, 3.8) is 0 Å². The molecular formula is C20H32ClN3O4. The molecule has 0 saturated carbocycles. The molecule has 1 fully saturated rings. The van der Waals surface area contributed by atoms with Gasteiger partial charge in [-0.1, -0.05) is 20.8 Å². The van der Waals surface area contributed by atoms with Crippen molar-refractivity contribution < 1.29 is 19.1 Å². The highest BCUT2D eigenvalue weighted by Crippen LogP contribution is 2.22. The predicted octanol–water partition coefficient (Wildman–Crippen LogP) is 1.99. The van der Waals surface area contributed by atoms with E-state index in [2.05, 4.69) is 22.9 Å². The number of amides is 2. The Morgan fingerprint density at radius 2 is 1.75 bits per heavy atom. The molecule has 1 aliphatic rings. The molecule has 3 N–H and O–H groups in total. The number of rotatable bonds is 7. The minimum Gasteiger partial charge on any atom is -0.497 e. The molecule has 0 spiro atoms. The van der Waals surface area contributed by atoms with Gasteiger partial charge in [0, 0.05) is 17.7 Å². The van der Waals surface area contributed by atoms with Gasteiger partial charge in [-0.3, -0.25) is 9.59 Å². The quantitative estimate of drug-likeness (QED) is 0.636. The van der Waals surface area contributed by atoms with E-state index < -0.39 is 6.04 Å². The Kier molecular flexibility index (Phi) is 9.55. The summed E-state index contributed by atoms with van der Waals surface area (Å²) in [6, 6.07) is 4.46. The minimum absolute atomic E-state index is 0. The number of piperidine rings is 1. The summed E-state index contributed by atoms with van der Waals surface area (Å²) in [6.07, 6.45) is 0.888. The van der Waals surface area contributed by atoms with Gasteiger partial charge >= 0.3 is 0 Å². The summed E-state index contributed by atoms with van der Waals surface area (Å²) in [6.45, 7) is 7.72. The number of benzene rings is 1. The van der Waals surface area contributed by atoms with Gasteiger partial charge in [0.15, 0.2) is 0 Å². The standard InChI is InChI=1S/C20H31N3O4.ClH/c1-12(2)18(20(25)22-17-6-7-21-11-13(17)3)23-19(24)14-8-15(26-4)10-16(9-14)27-5;/h8-10,12-13,17-18,21H,6-7,11H2,1-5H3,(H,22,25)(H,23,24);1H. The molecule has 0 aromatic heterocycles. The molecule has 0 aliphatic carbocycles. The van der Waals surface area contributed by atoms with E-state index in [9.17, 15) is 9.59 Å². The normalized spacial score (nSPS) is 19.9. The number of hydrogen-bond donors (Lipinski definition) is 3. The van der Waals surface area contributed by atoms with E-state index >= 15 is 0 Å². The van der Waals surface area contributed by atoms with Crippen LogP contribution in [0.15, 0.2) is 18.2 Å². The monoisotopic (exact) mass is 413 g/mol. The average Bonchev–Trinajstić information content (AvgIpc) is 2.66. The Hall–Kier alpha value is -1.99. The zero-order valence-corrected chi connectivity index (χ0v) is 18.0. The highest BCUT2D eigenvalue weighted by atomic mass is 35.5. The van der Waals surface area contributed by atoms with Crippen LogP contribution in [0.1, 0.15) is 37.6 Å². The molecule has 0 radical (unpaired) electrons. The number of halogens is 1. The Labute approximate surface area is 173 Å². The summed E-state index contributed by atoms with van der Waals surface area (Å²) in [4.78, 5) is 25.6. The van der Waals surface area contributed by atoms with Crippen molar-refractivity contribution in [2.45, 2.75) is 39.3 Å². The van der Waals surface area contributed by atoms with Crippen LogP contribution in [0.4, 0.5) is 0 Å². The lowest BCUT2D eigenvalue weighted by atomic mass is 9.94. The molecule has 1 aromatic carbocycles. The van der Waals surface area contributed by atoms with Crippen LogP contribution < -0.4 is 25.4 Å². The van der Waals surface area contributed by atoms with Gasteiger partial charge in [0.1, 0.15) is 17.5 Å². The molecule has 8 heteroatoms. The summed E-state index contributed by atoms with van der Waals surface area (Å²) in [5.74, 6) is 0.876. The fourth-order valence-corrected chi connectivity index (χ4v) is 3.20. The van der Waals surface area contributed by atoms with Crippen molar-refractivity contribution in [2.24, 2.45) is 11.8 Å². The number of carbonyl (C=O) groups excluding carboxylic acids is 2. The Balaban J connectivity index is 0.00000392. The number of methoxy groups -OCH3 is 2. The number of ether oxygens (including phenoxy) is 2. The second-order valence-electron chi connectivity index (χ2n) is 7.38. The first-order valence-corrected chi connectivity index (χ1v) is 9.40. The molecule has 7 nitrogen and oxygen atoms in total. The van der Waals surface area contributed by atoms with Crippen LogP contribution in [0.2, 0.25) is 0 Å². The van der Waals surface area contributed by atoms with Gasteiger partial charge in [-0.15, -0.1) is 12.4 Å². The van der Waals surface area contributed by atoms with E-state index in [1.807, 2.05) is 13.8 Å². The smallest absolute Gasteiger partial charge is 0.252 e. The van der Waals surface area contributed by atoms with Crippen molar-refractivity contribution in [1.82, 2.24) is 16.0 Å². The first-order valence-electron chi connectivity index (χ1n) is 9.40. The van der Waals surface area contributed by atoms with Gasteiger partial charge in [-0.05, 0) is 43.5 Å². The predicted molar refractivity (Wildman–Crippen MR) is 111 cm³/mol. The SMILES string of the molecule is COc1cc(OC)cc(C(=O)NC(C(=O)NC2CCNCC2C)C(C)C)c1.Cl. The maximum Gasteiger partial charge on any atom is 0.252 e. The zero-order valence-electron chi connectivity index (χ0n) is 17.2. The first-order chi connectivity index (χ1) is 12.8. The van der Waals surface area contributed by atoms with E-state index in [1.54, 1.807) is 18.2 Å². The van der Waals surface area contributed by atoms with Crippen LogP contribution in [0.5, 0.6) is 11.5 Å². The third-order valence-electron chi connectivity index (χ3n) is 4.96. The van der Waals surface area contributed by atoms with Crippen molar-refractivity contribution >= 4 is 24.2 Å². The number of nitrogens with one attached hydrogen (secondary N) is 3. The van der Waals surface area contributed by atoms with Gasteiger partial charge < -0.3 is 25.4 Å². The Morgan fingerprint density at radius 3 is 2.25 bits per heavy atom. The number of carbonyl (C=O) groups is 2. The molecule has 158 valence electrons. The van der Waals surface area contributed by atoms with Gasteiger partial charge in [-0.25, -0.2) is 0 Å². The second-order valence-corrected chi connectivity index (χ2v) is 7.38. The molecule has 1 saturated heterocycles. The van der Waals surface area contributed by atoms with Crippen LogP contribution in [-0.4, -0.2) is 51.2 Å². The van der Waals surface area contributed by atoms with Gasteiger partial charge in [0.2, 0.25) is 5.91 Å². The molecule has 28 heavy (non-hydrogen) atoms. The second kappa shape index (κ2) is 11.1. The fourth-order valence-electron chi connectivity index (χ4n) is 3.20. The third kappa shape index (κ3) is 6.27. The molecule has 1 aromatic rings. The zero-order chi connectivity index (χ0) is 20.0. The fraction of sp³-hybridized carbons (Fsp3) is 0.600. The van der Waals surface area contributed by atoms with Crippen molar-refractivity contribution in [3.8, 4) is 11.5 Å². The lowest BCUT2D eigenvalue weighted by molar-refractivity contribution is -0.125. The Morgan fingerprint density at radius 1 is 1.14 bits per heavy atom. The van der Waals surface area contributed by atoms with Crippen LogP contribution in [-0.2, 0) is 4.79 Å². The summed E-state index contributed by atoms with van der Waals surface area (Å²) in [5.41, 5.74) is 0.389. The summed E-state index contributed by atoms with van der Waals surface area (Å²) < 4.78 is 10.4. The highest BCUT2D eigenvalue weighted by Gasteiger charge is 2.29. The van der Waals surface area contributed by atoms with Gasteiger partial charge in [-0.2, -0.15) is 0 Å². The van der Waals surface area contributed by atoms with Crippen molar-refractivity contribution in [1.29, 1.82) is 0 Å². The Bertz CT molecular complexity index is 647. The topological polar surface area (TPSA) is 88.7 Å². The largest absolute Gasteiger partial charge is 0.497 e. The molecule has 1 heterocycles. The summed E-state index contributed by atoms with van der Waals surface area (Å²) in [7, 11) is 3.06. The lowest BCUT2D eigenvalue weighted by Gasteiger charge is -2.32. The van der Waals surface area contributed by atoms with E-state index in [4.69, 9.17) is 9.47 Å². The van der Waals surface area contributed by atoms with Crippen molar-refractivity contribution in [2.75, 3.05) is 27.3 Å². The summed E-state index contributed by atoms with van der Waals surface area (Å²) in [5, 5.41) is 9.29. The van der Waals surface area contributed by atoms with Crippen molar-refractivity contribution in [3.05, 3.63) is 23.8 Å². The lowest BCUT2D eigenvalue weighted by Crippen LogP contribution is -2.55. The number of hydrogen-bond acceptors (Lipinski definition) is 5. The van der Waals surface area contributed by atoms with E-state index in [0.29, 0.717) is 23.0 Å². The first kappa shape index (κ1) is 24.0. The minimum atomic E-state index is -0.614. The average molecular weight is 414 g/mol. The van der Waals surface area contributed by atoms with E-state index in [0.717, 1.165) is 19.5 Å². The summed E-state index contributed by atoms with van der Waals surface area (Å²) >= 11 is 0. The van der Waals surface area contributed by atoms with Crippen LogP contribution in [0.25, 0.3) is 0 Å². The molecule has 3 unspecified atom stereocenters. The molecule has 2 rings (SSSR count).